The second kappa shape index (κ2) is 24.5. The lowest BCUT2D eigenvalue weighted by atomic mass is 9.96. The van der Waals surface area contributed by atoms with Gasteiger partial charge >= 0.3 is 5.97 Å². The van der Waals surface area contributed by atoms with Crippen molar-refractivity contribution in [3.05, 3.63) is 12.2 Å². The van der Waals surface area contributed by atoms with Gasteiger partial charge in [-0.3, -0.25) is 4.79 Å². The maximum Gasteiger partial charge on any atom is 0.308 e. The standard InChI is InChI=1S/C28H54O2/c1-4-7-10-11-12-13-14-15-16-17-18-19-20-21-22-23-26-30-28(29)27(24-8-5-2)25-9-6-3/h15-16,27H,4-14,17-26H2,1-3H3. The molecule has 0 saturated heterocycles. The Bertz CT molecular complexity index is 367. The molecule has 0 spiro atoms. The highest BCUT2D eigenvalue weighted by Gasteiger charge is 2.18. The van der Waals surface area contributed by atoms with Crippen molar-refractivity contribution in [1.82, 2.24) is 0 Å². The number of esters is 1. The number of hydrogen-bond acceptors (Lipinski definition) is 2. The first-order valence-electron chi connectivity index (χ1n) is 13.6. The van der Waals surface area contributed by atoms with E-state index in [-0.39, 0.29) is 11.9 Å². The first-order valence-corrected chi connectivity index (χ1v) is 13.6. The molecule has 0 N–H and O–H groups in total. The SMILES string of the molecule is CCCCCCCCC=CCCCCCCCCOC(=O)C(CCCC)CCCC. The Morgan fingerprint density at radius 3 is 1.53 bits per heavy atom. The van der Waals surface area contributed by atoms with Crippen LogP contribution in [0.4, 0.5) is 0 Å². The molecule has 0 unspecified atom stereocenters. The Labute approximate surface area is 189 Å². The summed E-state index contributed by atoms with van der Waals surface area (Å²) >= 11 is 0. The summed E-state index contributed by atoms with van der Waals surface area (Å²) in [6, 6.07) is 0. The van der Waals surface area contributed by atoms with Gasteiger partial charge in [-0.15, -0.1) is 0 Å². The number of unbranched alkanes of at least 4 members (excludes halogenated alkanes) is 14. The molecular weight excluding hydrogens is 368 g/mol. The minimum atomic E-state index is 0.0599. The molecule has 0 heterocycles. The molecule has 0 fully saturated rings. The van der Waals surface area contributed by atoms with E-state index in [0.717, 1.165) is 44.9 Å². The van der Waals surface area contributed by atoms with Gasteiger partial charge in [0.25, 0.3) is 0 Å². The zero-order valence-electron chi connectivity index (χ0n) is 20.9. The van der Waals surface area contributed by atoms with Crippen LogP contribution in [0.3, 0.4) is 0 Å². The lowest BCUT2D eigenvalue weighted by Crippen LogP contribution is -2.18. The van der Waals surface area contributed by atoms with Crippen molar-refractivity contribution in [3.63, 3.8) is 0 Å². The summed E-state index contributed by atoms with van der Waals surface area (Å²) in [6.45, 7) is 7.28. The van der Waals surface area contributed by atoms with E-state index in [1.54, 1.807) is 0 Å². The fourth-order valence-electron chi connectivity index (χ4n) is 3.92. The predicted molar refractivity (Wildman–Crippen MR) is 133 cm³/mol. The van der Waals surface area contributed by atoms with E-state index in [0.29, 0.717) is 6.61 Å². The van der Waals surface area contributed by atoms with Gasteiger partial charge in [0.1, 0.15) is 0 Å². The van der Waals surface area contributed by atoms with Gasteiger partial charge < -0.3 is 4.74 Å². The molecule has 0 aliphatic rings. The Morgan fingerprint density at radius 1 is 0.600 bits per heavy atom. The van der Waals surface area contributed by atoms with Gasteiger partial charge in [-0.2, -0.15) is 0 Å². The first-order chi connectivity index (χ1) is 14.8. The molecule has 0 aromatic rings. The molecule has 0 radical (unpaired) electrons. The Kier molecular flexibility index (Phi) is 23.8. The fraction of sp³-hybridized carbons (Fsp3) is 0.893. The van der Waals surface area contributed by atoms with E-state index in [9.17, 15) is 4.79 Å². The highest BCUT2D eigenvalue weighted by molar-refractivity contribution is 5.72. The van der Waals surface area contributed by atoms with Crippen molar-refractivity contribution in [2.75, 3.05) is 6.61 Å². The number of ether oxygens (including phenoxy) is 1. The molecule has 0 aliphatic carbocycles. The third kappa shape index (κ3) is 20.5. The van der Waals surface area contributed by atoms with Gasteiger partial charge in [0.05, 0.1) is 12.5 Å². The summed E-state index contributed by atoms with van der Waals surface area (Å²) in [7, 11) is 0. The van der Waals surface area contributed by atoms with Crippen molar-refractivity contribution in [2.45, 2.75) is 149 Å². The van der Waals surface area contributed by atoms with Crippen LogP contribution in [-0.4, -0.2) is 12.6 Å². The molecule has 0 aromatic heterocycles. The summed E-state index contributed by atoms with van der Waals surface area (Å²) < 4.78 is 5.57. The molecule has 0 atom stereocenters. The minimum absolute atomic E-state index is 0.0599. The van der Waals surface area contributed by atoms with Crippen molar-refractivity contribution >= 4 is 5.97 Å². The van der Waals surface area contributed by atoms with Crippen molar-refractivity contribution in [1.29, 1.82) is 0 Å². The van der Waals surface area contributed by atoms with Gasteiger partial charge in [0.2, 0.25) is 0 Å². The van der Waals surface area contributed by atoms with Crippen LogP contribution in [0.1, 0.15) is 149 Å². The lowest BCUT2D eigenvalue weighted by molar-refractivity contribution is -0.149. The van der Waals surface area contributed by atoms with Crippen molar-refractivity contribution < 1.29 is 9.53 Å². The van der Waals surface area contributed by atoms with E-state index in [2.05, 4.69) is 32.9 Å². The summed E-state index contributed by atoms with van der Waals surface area (Å²) in [5.74, 6) is 0.198. The zero-order chi connectivity index (χ0) is 22.1. The van der Waals surface area contributed by atoms with Gasteiger partial charge in [0.15, 0.2) is 0 Å². The molecular formula is C28H54O2. The second-order valence-corrected chi connectivity index (χ2v) is 9.09. The maximum atomic E-state index is 12.3. The van der Waals surface area contributed by atoms with Crippen LogP contribution < -0.4 is 0 Å². The van der Waals surface area contributed by atoms with E-state index in [1.807, 2.05) is 0 Å². The number of carbonyl (C=O) groups excluding carboxylic acids is 1. The summed E-state index contributed by atoms with van der Waals surface area (Å²) in [4.78, 5) is 12.3. The fourth-order valence-corrected chi connectivity index (χ4v) is 3.92. The lowest BCUT2D eigenvalue weighted by Gasteiger charge is -2.15. The van der Waals surface area contributed by atoms with Crippen molar-refractivity contribution in [3.8, 4) is 0 Å². The van der Waals surface area contributed by atoms with E-state index >= 15 is 0 Å². The van der Waals surface area contributed by atoms with Gasteiger partial charge in [-0.05, 0) is 44.9 Å². The molecule has 0 bridgehead atoms. The minimum Gasteiger partial charge on any atom is -0.465 e. The van der Waals surface area contributed by atoms with Gasteiger partial charge in [0, 0.05) is 0 Å². The van der Waals surface area contributed by atoms with E-state index in [4.69, 9.17) is 4.74 Å². The molecule has 0 rings (SSSR count). The highest BCUT2D eigenvalue weighted by Crippen LogP contribution is 2.18. The van der Waals surface area contributed by atoms with Gasteiger partial charge in [-0.25, -0.2) is 0 Å². The van der Waals surface area contributed by atoms with Crippen LogP contribution in [0.15, 0.2) is 12.2 Å². The Balaban J connectivity index is 3.45. The average molecular weight is 423 g/mol. The molecule has 2 nitrogen and oxygen atoms in total. The smallest absolute Gasteiger partial charge is 0.308 e. The van der Waals surface area contributed by atoms with Crippen LogP contribution in [-0.2, 0) is 9.53 Å². The van der Waals surface area contributed by atoms with Crippen molar-refractivity contribution in [2.24, 2.45) is 5.92 Å². The molecule has 30 heavy (non-hydrogen) atoms. The second-order valence-electron chi connectivity index (χ2n) is 9.09. The largest absolute Gasteiger partial charge is 0.465 e. The summed E-state index contributed by atoms with van der Waals surface area (Å²) in [5, 5.41) is 0. The molecule has 0 amide bonds. The maximum absolute atomic E-state index is 12.3. The van der Waals surface area contributed by atoms with E-state index < -0.39 is 0 Å². The van der Waals surface area contributed by atoms with E-state index in [1.165, 1.54) is 83.5 Å². The molecule has 178 valence electrons. The zero-order valence-corrected chi connectivity index (χ0v) is 20.9. The van der Waals surface area contributed by atoms with Crippen LogP contribution in [0.25, 0.3) is 0 Å². The van der Waals surface area contributed by atoms with Crippen LogP contribution >= 0.6 is 0 Å². The molecule has 2 heteroatoms. The number of carbonyl (C=O) groups is 1. The average Bonchev–Trinajstić information content (AvgIpc) is 2.75. The van der Waals surface area contributed by atoms with Crippen LogP contribution in [0.2, 0.25) is 0 Å². The number of hydrogen-bond donors (Lipinski definition) is 0. The normalized spacial score (nSPS) is 11.6. The van der Waals surface area contributed by atoms with Crippen LogP contribution in [0.5, 0.6) is 0 Å². The van der Waals surface area contributed by atoms with Gasteiger partial charge in [-0.1, -0.05) is 116 Å². The quantitative estimate of drug-likeness (QED) is 0.0930. The Morgan fingerprint density at radius 2 is 1.03 bits per heavy atom. The molecule has 0 aromatic carbocycles. The first kappa shape index (κ1) is 29.2. The monoisotopic (exact) mass is 422 g/mol. The topological polar surface area (TPSA) is 26.3 Å². The molecule has 0 saturated carbocycles. The third-order valence-corrected chi connectivity index (χ3v) is 6.05. The number of rotatable bonds is 23. The number of allylic oxidation sites excluding steroid dienone is 2. The Hall–Kier alpha value is -0.790. The van der Waals surface area contributed by atoms with Crippen LogP contribution in [0, 0.1) is 5.92 Å². The molecule has 0 aliphatic heterocycles. The third-order valence-electron chi connectivity index (χ3n) is 6.05. The predicted octanol–water partition coefficient (Wildman–Crippen LogP) is 9.56. The summed E-state index contributed by atoms with van der Waals surface area (Å²) in [6.07, 6.45) is 29.7. The highest BCUT2D eigenvalue weighted by atomic mass is 16.5. The summed E-state index contributed by atoms with van der Waals surface area (Å²) in [5.41, 5.74) is 0.